The number of benzene rings is 1. The SMILES string of the molecule is CCCNC(c1cc2cccc(Cl)c2o1)c1cnc(C)s1. The van der Waals surface area contributed by atoms with E-state index in [0.29, 0.717) is 5.02 Å². The lowest BCUT2D eigenvalue weighted by atomic mass is 10.1. The van der Waals surface area contributed by atoms with E-state index >= 15 is 0 Å². The van der Waals surface area contributed by atoms with Crippen LogP contribution in [0, 0.1) is 6.92 Å². The van der Waals surface area contributed by atoms with Crippen molar-refractivity contribution in [1.29, 1.82) is 0 Å². The van der Waals surface area contributed by atoms with Crippen LogP contribution in [0.15, 0.2) is 34.9 Å². The first-order valence-corrected chi connectivity index (χ1v) is 8.22. The molecule has 0 radical (unpaired) electrons. The van der Waals surface area contributed by atoms with E-state index in [2.05, 4.69) is 23.3 Å². The van der Waals surface area contributed by atoms with Gasteiger partial charge in [0.05, 0.1) is 10.0 Å². The van der Waals surface area contributed by atoms with Gasteiger partial charge >= 0.3 is 0 Å². The van der Waals surface area contributed by atoms with Crippen LogP contribution in [0.5, 0.6) is 0 Å². The fourth-order valence-electron chi connectivity index (χ4n) is 2.33. The molecule has 0 spiro atoms. The van der Waals surface area contributed by atoms with Gasteiger partial charge in [-0.05, 0) is 32.0 Å². The summed E-state index contributed by atoms with van der Waals surface area (Å²) in [5.41, 5.74) is 0.749. The second-order valence-electron chi connectivity index (χ2n) is 4.98. The molecular formula is C16H17ClN2OS. The molecule has 1 aromatic carbocycles. The van der Waals surface area contributed by atoms with Crippen molar-refractivity contribution in [3.05, 3.63) is 51.1 Å². The fourth-order valence-corrected chi connectivity index (χ4v) is 3.42. The number of para-hydroxylation sites is 1. The summed E-state index contributed by atoms with van der Waals surface area (Å²) in [7, 11) is 0. The number of nitrogens with zero attached hydrogens (tertiary/aromatic N) is 1. The molecule has 0 aliphatic carbocycles. The van der Waals surface area contributed by atoms with Crippen LogP contribution >= 0.6 is 22.9 Å². The number of furan rings is 1. The van der Waals surface area contributed by atoms with Crippen molar-refractivity contribution < 1.29 is 4.42 Å². The van der Waals surface area contributed by atoms with Crippen molar-refractivity contribution in [1.82, 2.24) is 10.3 Å². The zero-order valence-corrected chi connectivity index (χ0v) is 13.6. The van der Waals surface area contributed by atoms with Crippen molar-refractivity contribution in [2.24, 2.45) is 0 Å². The summed E-state index contributed by atoms with van der Waals surface area (Å²) < 4.78 is 6.01. The molecule has 5 heteroatoms. The zero-order valence-electron chi connectivity index (χ0n) is 12.0. The summed E-state index contributed by atoms with van der Waals surface area (Å²) in [4.78, 5) is 5.52. The fraction of sp³-hybridized carbons (Fsp3) is 0.312. The Kier molecular flexibility index (Phi) is 4.29. The standard InChI is InChI=1S/C16H17ClN2OS/c1-3-7-18-15(14-9-19-10(2)21-14)13-8-11-5-4-6-12(17)16(11)20-13/h4-6,8-9,15,18H,3,7H2,1-2H3. The van der Waals surface area contributed by atoms with E-state index in [-0.39, 0.29) is 6.04 Å². The molecule has 1 atom stereocenters. The maximum Gasteiger partial charge on any atom is 0.152 e. The van der Waals surface area contributed by atoms with Crippen LogP contribution in [-0.2, 0) is 0 Å². The summed E-state index contributed by atoms with van der Waals surface area (Å²) in [5.74, 6) is 0.884. The minimum Gasteiger partial charge on any atom is -0.457 e. The van der Waals surface area contributed by atoms with Gasteiger partial charge < -0.3 is 9.73 Å². The summed E-state index contributed by atoms with van der Waals surface area (Å²) >= 11 is 7.89. The van der Waals surface area contributed by atoms with Crippen molar-refractivity contribution in [2.75, 3.05) is 6.54 Å². The van der Waals surface area contributed by atoms with Gasteiger partial charge in [0.15, 0.2) is 5.58 Å². The highest BCUT2D eigenvalue weighted by molar-refractivity contribution is 7.11. The van der Waals surface area contributed by atoms with Crippen molar-refractivity contribution in [3.8, 4) is 0 Å². The number of fused-ring (bicyclic) bond motifs is 1. The number of hydrogen-bond acceptors (Lipinski definition) is 4. The molecule has 2 aromatic heterocycles. The Hall–Kier alpha value is -1.36. The summed E-state index contributed by atoms with van der Waals surface area (Å²) in [6.07, 6.45) is 2.98. The van der Waals surface area contributed by atoms with Crippen molar-refractivity contribution in [3.63, 3.8) is 0 Å². The maximum atomic E-state index is 6.21. The Balaban J connectivity index is 2.03. The lowest BCUT2D eigenvalue weighted by Crippen LogP contribution is -2.21. The Morgan fingerprint density at radius 3 is 2.95 bits per heavy atom. The van der Waals surface area contributed by atoms with Crippen LogP contribution < -0.4 is 5.32 Å². The predicted octanol–water partition coefficient (Wildman–Crippen LogP) is 4.94. The topological polar surface area (TPSA) is 38.1 Å². The molecule has 0 saturated carbocycles. The summed E-state index contributed by atoms with van der Waals surface area (Å²) in [6, 6.07) is 7.89. The quantitative estimate of drug-likeness (QED) is 0.723. The highest BCUT2D eigenvalue weighted by atomic mass is 35.5. The third-order valence-corrected chi connectivity index (χ3v) is 4.60. The zero-order chi connectivity index (χ0) is 14.8. The molecular weight excluding hydrogens is 304 g/mol. The molecule has 2 heterocycles. The van der Waals surface area contributed by atoms with Gasteiger partial charge in [-0.25, -0.2) is 4.98 Å². The number of rotatable bonds is 5. The number of thiazole rings is 1. The second kappa shape index (κ2) is 6.18. The molecule has 3 rings (SSSR count). The smallest absolute Gasteiger partial charge is 0.152 e. The Labute approximate surface area is 133 Å². The van der Waals surface area contributed by atoms with E-state index in [1.807, 2.05) is 31.3 Å². The molecule has 0 amide bonds. The number of hydrogen-bond donors (Lipinski definition) is 1. The van der Waals surface area contributed by atoms with Gasteiger partial charge in [-0.3, -0.25) is 0 Å². The number of halogens is 1. The first-order chi connectivity index (χ1) is 10.2. The van der Waals surface area contributed by atoms with Gasteiger partial charge in [-0.1, -0.05) is 30.7 Å². The van der Waals surface area contributed by atoms with Gasteiger partial charge in [-0.2, -0.15) is 0 Å². The van der Waals surface area contributed by atoms with E-state index in [4.69, 9.17) is 16.0 Å². The monoisotopic (exact) mass is 320 g/mol. The Bertz CT molecular complexity index is 750. The number of aromatic nitrogens is 1. The van der Waals surface area contributed by atoms with Gasteiger partial charge in [0, 0.05) is 16.5 Å². The first-order valence-electron chi connectivity index (χ1n) is 7.02. The predicted molar refractivity (Wildman–Crippen MR) is 88.2 cm³/mol. The normalized spacial score (nSPS) is 12.9. The third-order valence-electron chi connectivity index (χ3n) is 3.32. The van der Waals surface area contributed by atoms with Gasteiger partial charge in [0.25, 0.3) is 0 Å². The van der Waals surface area contributed by atoms with Crippen LogP contribution in [0.2, 0.25) is 5.02 Å². The van der Waals surface area contributed by atoms with Gasteiger partial charge in [0.2, 0.25) is 0 Å². The van der Waals surface area contributed by atoms with E-state index < -0.39 is 0 Å². The Morgan fingerprint density at radius 2 is 2.29 bits per heavy atom. The lowest BCUT2D eigenvalue weighted by Gasteiger charge is -2.13. The molecule has 0 fully saturated rings. The van der Waals surface area contributed by atoms with Crippen LogP contribution in [0.3, 0.4) is 0 Å². The summed E-state index contributed by atoms with van der Waals surface area (Å²) in [6.45, 7) is 5.09. The third kappa shape index (κ3) is 2.98. The molecule has 0 aliphatic rings. The van der Waals surface area contributed by atoms with E-state index in [1.165, 1.54) is 0 Å². The lowest BCUT2D eigenvalue weighted by molar-refractivity contribution is 0.473. The molecule has 3 aromatic rings. The molecule has 0 aliphatic heterocycles. The van der Waals surface area contributed by atoms with E-state index in [0.717, 1.165) is 39.6 Å². The molecule has 1 unspecified atom stereocenters. The number of nitrogens with one attached hydrogen (secondary N) is 1. The van der Waals surface area contributed by atoms with Crippen LogP contribution in [-0.4, -0.2) is 11.5 Å². The summed E-state index contributed by atoms with van der Waals surface area (Å²) in [5, 5.41) is 6.26. The highest BCUT2D eigenvalue weighted by Gasteiger charge is 2.20. The average Bonchev–Trinajstić information content (AvgIpc) is 3.07. The molecule has 0 bridgehead atoms. The molecule has 3 nitrogen and oxygen atoms in total. The molecule has 21 heavy (non-hydrogen) atoms. The Morgan fingerprint density at radius 1 is 1.43 bits per heavy atom. The minimum atomic E-state index is 0.0274. The minimum absolute atomic E-state index is 0.0274. The average molecular weight is 321 g/mol. The van der Waals surface area contributed by atoms with Crippen LogP contribution in [0.1, 0.15) is 35.0 Å². The van der Waals surface area contributed by atoms with Crippen LogP contribution in [0.4, 0.5) is 0 Å². The second-order valence-corrected chi connectivity index (χ2v) is 6.65. The largest absolute Gasteiger partial charge is 0.457 e. The van der Waals surface area contributed by atoms with E-state index in [9.17, 15) is 0 Å². The van der Waals surface area contributed by atoms with Crippen molar-refractivity contribution in [2.45, 2.75) is 26.3 Å². The number of aryl methyl sites for hydroxylation is 1. The van der Waals surface area contributed by atoms with Crippen molar-refractivity contribution >= 4 is 33.9 Å². The highest BCUT2D eigenvalue weighted by Crippen LogP contribution is 2.33. The molecule has 1 N–H and O–H groups in total. The van der Waals surface area contributed by atoms with Crippen LogP contribution in [0.25, 0.3) is 11.0 Å². The maximum absolute atomic E-state index is 6.21. The molecule has 0 saturated heterocycles. The van der Waals surface area contributed by atoms with Gasteiger partial charge in [0.1, 0.15) is 11.8 Å². The first kappa shape index (κ1) is 14.6. The molecule has 110 valence electrons. The van der Waals surface area contributed by atoms with E-state index in [1.54, 1.807) is 11.3 Å². The van der Waals surface area contributed by atoms with Gasteiger partial charge in [-0.15, -0.1) is 11.3 Å².